The Labute approximate surface area is 168 Å². The summed E-state index contributed by atoms with van der Waals surface area (Å²) in [7, 11) is 0. The van der Waals surface area contributed by atoms with Crippen LogP contribution in [-0.2, 0) is 4.74 Å². The summed E-state index contributed by atoms with van der Waals surface area (Å²) in [5.41, 5.74) is 1.58. The standard InChI is InChI=1S/C23H19ClO4/c1-15(2)27-23(26)19-14-17(8-11-20(19)24)22-13-10-18(28-22)9-12-21(25)16-6-4-3-5-7-16/h3-15H,1-2H3/b12-9+. The Morgan fingerprint density at radius 2 is 1.79 bits per heavy atom. The van der Waals surface area contributed by atoms with Crippen molar-refractivity contribution in [2.45, 2.75) is 20.0 Å². The number of carbonyl (C=O) groups excluding carboxylic acids is 2. The first-order valence-electron chi connectivity index (χ1n) is 8.82. The van der Waals surface area contributed by atoms with E-state index in [9.17, 15) is 9.59 Å². The van der Waals surface area contributed by atoms with Gasteiger partial charge in [-0.3, -0.25) is 4.79 Å². The van der Waals surface area contributed by atoms with E-state index >= 15 is 0 Å². The fourth-order valence-electron chi connectivity index (χ4n) is 2.57. The number of hydrogen-bond donors (Lipinski definition) is 0. The molecule has 3 rings (SSSR count). The molecule has 0 unspecified atom stereocenters. The molecule has 3 aromatic rings. The van der Waals surface area contributed by atoms with Gasteiger partial charge < -0.3 is 9.15 Å². The van der Waals surface area contributed by atoms with Gasteiger partial charge in [0.15, 0.2) is 5.78 Å². The van der Waals surface area contributed by atoms with Crippen LogP contribution in [0.3, 0.4) is 0 Å². The first kappa shape index (κ1) is 19.6. The zero-order valence-electron chi connectivity index (χ0n) is 15.5. The van der Waals surface area contributed by atoms with Gasteiger partial charge in [0.25, 0.3) is 0 Å². The van der Waals surface area contributed by atoms with Gasteiger partial charge in [-0.2, -0.15) is 0 Å². The fourth-order valence-corrected chi connectivity index (χ4v) is 2.76. The molecule has 0 aliphatic heterocycles. The molecule has 142 valence electrons. The molecule has 1 aromatic heterocycles. The average molecular weight is 395 g/mol. The third-order valence-electron chi connectivity index (χ3n) is 3.90. The second-order valence-corrected chi connectivity index (χ2v) is 6.82. The van der Waals surface area contributed by atoms with Gasteiger partial charge in [-0.05, 0) is 56.3 Å². The predicted octanol–water partition coefficient (Wildman–Crippen LogP) is 6.06. The highest BCUT2D eigenvalue weighted by atomic mass is 35.5. The van der Waals surface area contributed by atoms with Crippen molar-refractivity contribution in [2.24, 2.45) is 0 Å². The lowest BCUT2D eigenvalue weighted by atomic mass is 10.1. The quantitative estimate of drug-likeness (QED) is 0.289. The molecule has 0 aliphatic carbocycles. The lowest BCUT2D eigenvalue weighted by Crippen LogP contribution is -2.12. The molecule has 0 radical (unpaired) electrons. The van der Waals surface area contributed by atoms with Gasteiger partial charge >= 0.3 is 5.97 Å². The van der Waals surface area contributed by atoms with Crippen molar-refractivity contribution in [1.29, 1.82) is 0 Å². The molecule has 0 aliphatic rings. The first-order valence-corrected chi connectivity index (χ1v) is 9.20. The van der Waals surface area contributed by atoms with Crippen molar-refractivity contribution >= 4 is 29.4 Å². The molecule has 0 saturated heterocycles. The SMILES string of the molecule is CC(C)OC(=O)c1cc(-c2ccc(/C=C/C(=O)c3ccccc3)o2)ccc1Cl. The maximum atomic E-state index is 12.2. The number of benzene rings is 2. The Bertz CT molecular complexity index is 1020. The highest BCUT2D eigenvalue weighted by Gasteiger charge is 2.16. The van der Waals surface area contributed by atoms with Gasteiger partial charge in [0.05, 0.1) is 16.7 Å². The Kier molecular flexibility index (Phi) is 6.12. The topological polar surface area (TPSA) is 56.5 Å². The van der Waals surface area contributed by atoms with E-state index in [1.54, 1.807) is 62.4 Å². The zero-order valence-corrected chi connectivity index (χ0v) is 16.3. The minimum absolute atomic E-state index is 0.108. The summed E-state index contributed by atoms with van der Waals surface area (Å²) in [6.45, 7) is 3.55. The molecule has 0 amide bonds. The molecule has 0 spiro atoms. The minimum Gasteiger partial charge on any atom is -0.459 e. The summed E-state index contributed by atoms with van der Waals surface area (Å²) in [6.07, 6.45) is 2.84. The molecule has 1 heterocycles. The molecule has 5 heteroatoms. The normalized spacial score (nSPS) is 11.1. The second-order valence-electron chi connectivity index (χ2n) is 6.41. The van der Waals surface area contributed by atoms with Crippen molar-refractivity contribution in [1.82, 2.24) is 0 Å². The average Bonchev–Trinajstić information content (AvgIpc) is 3.15. The molecule has 0 fully saturated rings. The number of esters is 1. The van der Waals surface area contributed by atoms with Crippen molar-refractivity contribution in [2.75, 3.05) is 0 Å². The minimum atomic E-state index is -0.484. The van der Waals surface area contributed by atoms with Gasteiger partial charge in [-0.1, -0.05) is 41.9 Å². The molecule has 0 atom stereocenters. The molecule has 28 heavy (non-hydrogen) atoms. The molecule has 4 nitrogen and oxygen atoms in total. The number of hydrogen-bond acceptors (Lipinski definition) is 4. The van der Waals surface area contributed by atoms with E-state index in [0.717, 1.165) is 0 Å². The molecular weight excluding hydrogens is 376 g/mol. The zero-order chi connectivity index (χ0) is 20.1. The Hall–Kier alpha value is -3.11. The second kappa shape index (κ2) is 8.72. The summed E-state index contributed by atoms with van der Waals surface area (Å²) < 4.78 is 11.0. The molecule has 0 saturated carbocycles. The summed E-state index contributed by atoms with van der Waals surface area (Å²) in [5, 5.41) is 0.314. The number of allylic oxidation sites excluding steroid dienone is 1. The molecule has 2 aromatic carbocycles. The summed E-state index contributed by atoms with van der Waals surface area (Å²) in [5.74, 6) is 0.494. The number of halogens is 1. The number of ketones is 1. The van der Waals surface area contributed by atoms with Crippen LogP contribution < -0.4 is 0 Å². The van der Waals surface area contributed by atoms with Gasteiger partial charge in [-0.15, -0.1) is 0 Å². The van der Waals surface area contributed by atoms with Crippen LogP contribution in [0.4, 0.5) is 0 Å². The van der Waals surface area contributed by atoms with Crippen molar-refractivity contribution in [3.05, 3.63) is 88.6 Å². The van der Waals surface area contributed by atoms with Crippen LogP contribution in [0.25, 0.3) is 17.4 Å². The summed E-state index contributed by atoms with van der Waals surface area (Å²) in [6, 6.07) is 17.5. The maximum Gasteiger partial charge on any atom is 0.339 e. The van der Waals surface area contributed by atoms with Crippen molar-refractivity contribution in [3.63, 3.8) is 0 Å². The predicted molar refractivity (Wildman–Crippen MR) is 110 cm³/mol. The highest BCUT2D eigenvalue weighted by molar-refractivity contribution is 6.33. The van der Waals surface area contributed by atoms with Gasteiger partial charge in [-0.25, -0.2) is 4.79 Å². The first-order chi connectivity index (χ1) is 13.4. The Morgan fingerprint density at radius 1 is 1.04 bits per heavy atom. The van der Waals surface area contributed by atoms with E-state index in [4.69, 9.17) is 20.8 Å². The molecule has 0 bridgehead atoms. The molecule has 0 N–H and O–H groups in total. The van der Waals surface area contributed by atoms with Gasteiger partial charge in [0, 0.05) is 11.1 Å². The van der Waals surface area contributed by atoms with Gasteiger partial charge in [0.2, 0.25) is 0 Å². The van der Waals surface area contributed by atoms with Crippen LogP contribution in [0.15, 0.2) is 71.2 Å². The third-order valence-corrected chi connectivity index (χ3v) is 4.23. The van der Waals surface area contributed by atoms with E-state index < -0.39 is 5.97 Å². The Morgan fingerprint density at radius 3 is 2.50 bits per heavy atom. The van der Waals surface area contributed by atoms with Crippen molar-refractivity contribution in [3.8, 4) is 11.3 Å². The molecular formula is C23H19ClO4. The summed E-state index contributed by atoms with van der Waals surface area (Å²) in [4.78, 5) is 24.3. The van der Waals surface area contributed by atoms with E-state index in [-0.39, 0.29) is 17.5 Å². The van der Waals surface area contributed by atoms with Gasteiger partial charge in [0.1, 0.15) is 11.5 Å². The smallest absolute Gasteiger partial charge is 0.339 e. The third kappa shape index (κ3) is 4.78. The summed E-state index contributed by atoms with van der Waals surface area (Å²) >= 11 is 6.13. The maximum absolute atomic E-state index is 12.2. The largest absolute Gasteiger partial charge is 0.459 e. The number of ether oxygens (including phenoxy) is 1. The van der Waals surface area contributed by atoms with Crippen molar-refractivity contribution < 1.29 is 18.7 Å². The monoisotopic (exact) mass is 394 g/mol. The lowest BCUT2D eigenvalue weighted by molar-refractivity contribution is 0.0378. The Balaban J connectivity index is 1.79. The van der Waals surface area contributed by atoms with Crippen LogP contribution >= 0.6 is 11.6 Å². The van der Waals surface area contributed by atoms with Crippen LogP contribution in [0, 0.1) is 0 Å². The van der Waals surface area contributed by atoms with E-state index in [1.807, 2.05) is 18.2 Å². The van der Waals surface area contributed by atoms with E-state index in [2.05, 4.69) is 0 Å². The van der Waals surface area contributed by atoms with E-state index in [0.29, 0.717) is 27.7 Å². The fraction of sp³-hybridized carbons (Fsp3) is 0.130. The van der Waals surface area contributed by atoms with Crippen LogP contribution in [0.5, 0.6) is 0 Å². The number of rotatable bonds is 6. The van der Waals surface area contributed by atoms with Crippen LogP contribution in [-0.4, -0.2) is 17.9 Å². The number of carbonyl (C=O) groups is 2. The lowest BCUT2D eigenvalue weighted by Gasteiger charge is -2.10. The van der Waals surface area contributed by atoms with Crippen LogP contribution in [0.2, 0.25) is 5.02 Å². The van der Waals surface area contributed by atoms with Crippen LogP contribution in [0.1, 0.15) is 40.3 Å². The number of furan rings is 1. The van der Waals surface area contributed by atoms with E-state index in [1.165, 1.54) is 6.08 Å². The highest BCUT2D eigenvalue weighted by Crippen LogP contribution is 2.28.